The summed E-state index contributed by atoms with van der Waals surface area (Å²) in [5, 5.41) is 10.2. The number of hydrogen-bond acceptors (Lipinski definition) is 8. The van der Waals surface area contributed by atoms with Crippen LogP contribution in [-0.2, 0) is 16.0 Å². The molecule has 11 heteroatoms. The standard InChI is InChI=1S/C33H38ClN7O3/c34-28-19-25(7-8-29(28)44-26-11-16-41(17-12-26)33(43)23-5-1-2-6-23)40-31-27-18-24(10-15-36-30(27)38-21-39-31)32(42)37-14-9-22-4-3-13-35-20-22/h3-4,7-8,13,18-21,23,26H,1-2,5-6,9-12,14-17H2,(H,37,42)(H2,36,38,39,40). The molecule has 1 saturated heterocycles. The number of likely N-dealkylation sites (tertiary alicyclic amines) is 1. The highest BCUT2D eigenvalue weighted by Crippen LogP contribution is 2.34. The highest BCUT2D eigenvalue weighted by molar-refractivity contribution is 6.32. The molecule has 2 aliphatic heterocycles. The SMILES string of the molecule is O=C(NCCc1cccnc1)C1=Cc2c(ncnc2Nc2ccc(OC3CCN(C(=O)C4CCCC4)CC3)c(Cl)c2)NCC1. The smallest absolute Gasteiger partial charge is 0.247 e. The molecule has 3 aliphatic rings. The molecule has 1 saturated carbocycles. The molecule has 2 amide bonds. The summed E-state index contributed by atoms with van der Waals surface area (Å²) in [5.41, 5.74) is 3.16. The zero-order chi connectivity index (χ0) is 30.3. The van der Waals surface area contributed by atoms with Crippen LogP contribution >= 0.6 is 11.6 Å². The molecule has 2 fully saturated rings. The predicted molar refractivity (Wildman–Crippen MR) is 171 cm³/mol. The zero-order valence-electron chi connectivity index (χ0n) is 24.7. The van der Waals surface area contributed by atoms with Gasteiger partial charge in [-0.05, 0) is 61.6 Å². The van der Waals surface area contributed by atoms with Crippen molar-refractivity contribution in [2.45, 2.75) is 57.5 Å². The molecule has 230 valence electrons. The van der Waals surface area contributed by atoms with Gasteiger partial charge in [0, 0.05) is 68.6 Å². The summed E-state index contributed by atoms with van der Waals surface area (Å²) in [5.74, 6) is 2.25. The normalized spacial score (nSPS) is 17.2. The number of ether oxygens (including phenoxy) is 1. The first-order chi connectivity index (χ1) is 21.5. The number of anilines is 3. The second kappa shape index (κ2) is 14.1. The fourth-order valence-electron chi connectivity index (χ4n) is 6.11. The van der Waals surface area contributed by atoms with Gasteiger partial charge in [0.2, 0.25) is 11.8 Å². The third-order valence-electron chi connectivity index (χ3n) is 8.55. The van der Waals surface area contributed by atoms with Gasteiger partial charge in [0.1, 0.15) is 29.8 Å². The molecule has 3 aromatic rings. The van der Waals surface area contributed by atoms with E-state index < -0.39 is 0 Å². The Bertz CT molecular complexity index is 1500. The van der Waals surface area contributed by atoms with Gasteiger partial charge < -0.3 is 25.6 Å². The number of aromatic nitrogens is 3. The quantitative estimate of drug-likeness (QED) is 0.293. The number of hydrogen-bond donors (Lipinski definition) is 3. The minimum Gasteiger partial charge on any atom is -0.489 e. The second-order valence-electron chi connectivity index (χ2n) is 11.6. The van der Waals surface area contributed by atoms with Gasteiger partial charge in [-0.15, -0.1) is 0 Å². The number of piperidine rings is 1. The number of carbonyl (C=O) groups is 2. The lowest BCUT2D eigenvalue weighted by molar-refractivity contribution is -0.137. The summed E-state index contributed by atoms with van der Waals surface area (Å²) < 4.78 is 6.26. The molecule has 0 bridgehead atoms. The van der Waals surface area contributed by atoms with Crippen molar-refractivity contribution in [2.24, 2.45) is 5.92 Å². The van der Waals surface area contributed by atoms with Crippen LogP contribution < -0.4 is 20.7 Å². The van der Waals surface area contributed by atoms with Crippen LogP contribution in [0.5, 0.6) is 5.75 Å². The summed E-state index contributed by atoms with van der Waals surface area (Å²) in [6.45, 7) is 2.55. The number of carbonyl (C=O) groups excluding carboxylic acids is 2. The number of nitrogens with one attached hydrogen (secondary N) is 3. The molecule has 0 radical (unpaired) electrons. The minimum atomic E-state index is -0.114. The van der Waals surface area contributed by atoms with Crippen molar-refractivity contribution < 1.29 is 14.3 Å². The highest BCUT2D eigenvalue weighted by Gasteiger charge is 2.30. The van der Waals surface area contributed by atoms with Crippen LogP contribution in [0.4, 0.5) is 17.3 Å². The van der Waals surface area contributed by atoms with Gasteiger partial charge in [-0.2, -0.15) is 0 Å². The molecule has 4 heterocycles. The van der Waals surface area contributed by atoms with E-state index >= 15 is 0 Å². The van der Waals surface area contributed by atoms with Crippen LogP contribution in [0, 0.1) is 5.92 Å². The van der Waals surface area contributed by atoms with Gasteiger partial charge in [0.05, 0.1) is 10.6 Å². The van der Waals surface area contributed by atoms with E-state index in [0.717, 1.165) is 50.0 Å². The van der Waals surface area contributed by atoms with Gasteiger partial charge in [-0.3, -0.25) is 14.6 Å². The highest BCUT2D eigenvalue weighted by atomic mass is 35.5. The van der Waals surface area contributed by atoms with Crippen molar-refractivity contribution in [3.63, 3.8) is 0 Å². The Labute approximate surface area is 262 Å². The van der Waals surface area contributed by atoms with Crippen LogP contribution in [-0.4, -0.2) is 63.9 Å². The van der Waals surface area contributed by atoms with E-state index in [9.17, 15) is 9.59 Å². The van der Waals surface area contributed by atoms with Crippen molar-refractivity contribution in [3.05, 3.63) is 70.8 Å². The van der Waals surface area contributed by atoms with E-state index in [1.165, 1.54) is 19.2 Å². The maximum atomic E-state index is 13.0. The Morgan fingerprint density at radius 2 is 1.93 bits per heavy atom. The Hall–Kier alpha value is -4.18. The largest absolute Gasteiger partial charge is 0.489 e. The van der Waals surface area contributed by atoms with Crippen LogP contribution in [0.1, 0.15) is 56.1 Å². The summed E-state index contributed by atoms with van der Waals surface area (Å²) in [6, 6.07) is 9.45. The van der Waals surface area contributed by atoms with E-state index in [2.05, 4.69) is 30.9 Å². The number of fused-ring (bicyclic) bond motifs is 1. The second-order valence-corrected chi connectivity index (χ2v) is 12.0. The molecule has 1 aromatic carbocycles. The maximum Gasteiger partial charge on any atom is 0.247 e. The molecule has 2 aromatic heterocycles. The monoisotopic (exact) mass is 615 g/mol. The Morgan fingerprint density at radius 1 is 1.09 bits per heavy atom. The van der Waals surface area contributed by atoms with E-state index in [1.54, 1.807) is 6.20 Å². The molecule has 0 atom stereocenters. The third kappa shape index (κ3) is 7.30. The van der Waals surface area contributed by atoms with Gasteiger partial charge in [-0.25, -0.2) is 9.97 Å². The lowest BCUT2D eigenvalue weighted by atomic mass is 10.0. The number of nitrogens with zero attached hydrogens (tertiary/aromatic N) is 4. The fraction of sp³-hybridized carbons (Fsp3) is 0.424. The zero-order valence-corrected chi connectivity index (χ0v) is 25.5. The fourth-order valence-corrected chi connectivity index (χ4v) is 6.33. The van der Waals surface area contributed by atoms with E-state index in [0.29, 0.717) is 65.4 Å². The Morgan fingerprint density at radius 3 is 2.70 bits per heavy atom. The van der Waals surface area contributed by atoms with Gasteiger partial charge >= 0.3 is 0 Å². The molecular formula is C33H38ClN7O3. The van der Waals surface area contributed by atoms with Crippen molar-refractivity contribution in [1.82, 2.24) is 25.2 Å². The first kappa shape index (κ1) is 29.9. The molecule has 1 aliphatic carbocycles. The lowest BCUT2D eigenvalue weighted by Crippen LogP contribution is -2.44. The molecule has 44 heavy (non-hydrogen) atoms. The van der Waals surface area contributed by atoms with Crippen LogP contribution in [0.25, 0.3) is 6.08 Å². The van der Waals surface area contributed by atoms with E-state index in [4.69, 9.17) is 16.3 Å². The summed E-state index contributed by atoms with van der Waals surface area (Å²) in [6.07, 6.45) is 14.1. The molecule has 3 N–H and O–H groups in total. The number of amides is 2. The topological polar surface area (TPSA) is 121 Å². The average Bonchev–Trinajstić information content (AvgIpc) is 3.49. The number of rotatable bonds is 9. The third-order valence-corrected chi connectivity index (χ3v) is 8.84. The first-order valence-electron chi connectivity index (χ1n) is 15.5. The van der Waals surface area contributed by atoms with Crippen LogP contribution in [0.3, 0.4) is 0 Å². The average molecular weight is 616 g/mol. The van der Waals surface area contributed by atoms with Crippen LogP contribution in [0.2, 0.25) is 5.02 Å². The number of pyridine rings is 1. The molecule has 0 unspecified atom stereocenters. The van der Waals surface area contributed by atoms with Gasteiger partial charge in [-0.1, -0.05) is 30.5 Å². The molecular weight excluding hydrogens is 578 g/mol. The van der Waals surface area contributed by atoms with Crippen molar-refractivity contribution in [1.29, 1.82) is 0 Å². The molecule has 0 spiro atoms. The molecule has 10 nitrogen and oxygen atoms in total. The maximum absolute atomic E-state index is 13.0. The predicted octanol–water partition coefficient (Wildman–Crippen LogP) is 5.39. The lowest BCUT2D eigenvalue weighted by Gasteiger charge is -2.33. The van der Waals surface area contributed by atoms with Crippen molar-refractivity contribution in [2.75, 3.05) is 36.8 Å². The van der Waals surface area contributed by atoms with E-state index in [-0.39, 0.29) is 17.9 Å². The Kier molecular flexibility index (Phi) is 9.55. The summed E-state index contributed by atoms with van der Waals surface area (Å²) in [4.78, 5) is 40.8. The number of benzene rings is 1. The number of halogens is 1. The van der Waals surface area contributed by atoms with Gasteiger partial charge in [0.15, 0.2) is 0 Å². The first-order valence-corrected chi connectivity index (χ1v) is 15.9. The van der Waals surface area contributed by atoms with Crippen molar-refractivity contribution >= 4 is 46.8 Å². The summed E-state index contributed by atoms with van der Waals surface area (Å²) in [7, 11) is 0. The van der Waals surface area contributed by atoms with Crippen molar-refractivity contribution in [3.8, 4) is 5.75 Å². The Balaban J connectivity index is 1.07. The van der Waals surface area contributed by atoms with Gasteiger partial charge in [0.25, 0.3) is 0 Å². The minimum absolute atomic E-state index is 0.0155. The van der Waals surface area contributed by atoms with Crippen LogP contribution in [0.15, 0.2) is 54.6 Å². The summed E-state index contributed by atoms with van der Waals surface area (Å²) >= 11 is 6.66. The van der Waals surface area contributed by atoms with E-state index in [1.807, 2.05) is 47.5 Å². The molecule has 6 rings (SSSR count).